The number of ketones is 1. The summed E-state index contributed by atoms with van der Waals surface area (Å²) < 4.78 is 0. The molecule has 0 unspecified atom stereocenters. The molecule has 0 aromatic carbocycles. The van der Waals surface area contributed by atoms with Gasteiger partial charge in [-0.3, -0.25) is 4.79 Å². The molecule has 0 aliphatic heterocycles. The van der Waals surface area contributed by atoms with E-state index in [1.165, 1.54) is 17.8 Å². The smallest absolute Gasteiger partial charge is 0.174 e. The molecule has 0 aliphatic rings. The van der Waals surface area contributed by atoms with Crippen molar-refractivity contribution in [2.75, 3.05) is 23.9 Å². The Morgan fingerprint density at radius 3 is 2.68 bits per heavy atom. The fourth-order valence-corrected chi connectivity index (χ4v) is 3.90. The number of anilines is 2. The predicted octanol–water partition coefficient (Wildman–Crippen LogP) is 4.49. The van der Waals surface area contributed by atoms with Crippen LogP contribution in [-0.2, 0) is 0 Å². The van der Waals surface area contributed by atoms with Gasteiger partial charge in [-0.05, 0) is 25.0 Å². The number of hydrogen-bond acceptors (Lipinski definition) is 5. The molecule has 1 aromatic heterocycles. The lowest BCUT2D eigenvalue weighted by Crippen LogP contribution is -2.02. The summed E-state index contributed by atoms with van der Waals surface area (Å²) in [5.41, 5.74) is 6.72. The van der Waals surface area contributed by atoms with Gasteiger partial charge in [0, 0.05) is 13.0 Å². The maximum atomic E-state index is 11.8. The minimum atomic E-state index is 0.132. The number of thiophene rings is 1. The largest absolute Gasteiger partial charge is 0.396 e. The Hall–Kier alpha value is -0.680. The van der Waals surface area contributed by atoms with Crippen LogP contribution in [0.2, 0.25) is 0 Å². The number of thioether (sulfide) groups is 1. The number of Topliss-reactive ketones (excluding diaryl/α,β-unsaturated/α-hetero) is 1. The Labute approximate surface area is 124 Å². The summed E-state index contributed by atoms with van der Waals surface area (Å²) in [6.45, 7) is 7.27. The summed E-state index contributed by atoms with van der Waals surface area (Å²) in [5, 5.41) is 4.47. The normalized spacial score (nSPS) is 11.0. The highest BCUT2D eigenvalue weighted by Gasteiger charge is 2.19. The predicted molar refractivity (Wildman–Crippen MR) is 87.7 cm³/mol. The standard InChI is InChI=1S/C14H24N2OS2/c1-5-10(17)12-11(15)13(18-4)14(19-12)16-8-6-7-9(2)3/h9,16H,5-8,15H2,1-4H3. The van der Waals surface area contributed by atoms with Crippen molar-refractivity contribution in [1.82, 2.24) is 0 Å². The van der Waals surface area contributed by atoms with E-state index in [1.54, 1.807) is 11.8 Å². The number of carbonyl (C=O) groups is 1. The van der Waals surface area contributed by atoms with Gasteiger partial charge in [-0.15, -0.1) is 23.1 Å². The molecule has 1 heterocycles. The minimum Gasteiger partial charge on any atom is -0.396 e. The topological polar surface area (TPSA) is 55.1 Å². The van der Waals surface area contributed by atoms with Crippen LogP contribution in [0.25, 0.3) is 0 Å². The third-order valence-electron chi connectivity index (χ3n) is 2.92. The van der Waals surface area contributed by atoms with Crippen molar-refractivity contribution in [1.29, 1.82) is 0 Å². The zero-order valence-electron chi connectivity index (χ0n) is 12.2. The lowest BCUT2D eigenvalue weighted by molar-refractivity contribution is 0.0992. The Morgan fingerprint density at radius 2 is 2.16 bits per heavy atom. The van der Waals surface area contributed by atoms with E-state index in [0.29, 0.717) is 17.0 Å². The first kappa shape index (κ1) is 16.4. The molecule has 0 fully saturated rings. The monoisotopic (exact) mass is 300 g/mol. The zero-order valence-corrected chi connectivity index (χ0v) is 13.8. The number of rotatable bonds is 8. The SMILES string of the molecule is CCC(=O)c1sc(NCCCC(C)C)c(SC)c1N. The number of nitrogens with two attached hydrogens (primary N) is 1. The second-order valence-electron chi connectivity index (χ2n) is 4.95. The van der Waals surface area contributed by atoms with Crippen LogP contribution < -0.4 is 11.1 Å². The molecule has 0 radical (unpaired) electrons. The number of nitrogens with one attached hydrogen (secondary N) is 1. The summed E-state index contributed by atoms with van der Waals surface area (Å²) in [5.74, 6) is 0.862. The van der Waals surface area contributed by atoms with Crippen LogP contribution in [0.5, 0.6) is 0 Å². The van der Waals surface area contributed by atoms with Crippen LogP contribution in [0, 0.1) is 5.92 Å². The fraction of sp³-hybridized carbons (Fsp3) is 0.643. The second-order valence-corrected chi connectivity index (χ2v) is 6.78. The van der Waals surface area contributed by atoms with Gasteiger partial charge in [0.2, 0.25) is 0 Å². The van der Waals surface area contributed by atoms with Crippen molar-refractivity contribution >= 4 is 39.6 Å². The fourth-order valence-electron chi connectivity index (χ4n) is 1.83. The Balaban J connectivity index is 2.74. The third kappa shape index (κ3) is 4.42. The molecule has 5 heteroatoms. The van der Waals surface area contributed by atoms with Gasteiger partial charge in [-0.1, -0.05) is 20.8 Å². The first-order chi connectivity index (χ1) is 9.01. The maximum absolute atomic E-state index is 11.8. The minimum absolute atomic E-state index is 0.132. The molecule has 108 valence electrons. The highest BCUT2D eigenvalue weighted by molar-refractivity contribution is 7.99. The van der Waals surface area contributed by atoms with Gasteiger partial charge in [-0.2, -0.15) is 0 Å². The van der Waals surface area contributed by atoms with Crippen molar-refractivity contribution in [3.05, 3.63) is 4.88 Å². The summed E-state index contributed by atoms with van der Waals surface area (Å²) in [7, 11) is 0. The molecule has 0 aliphatic carbocycles. The van der Waals surface area contributed by atoms with Crippen LogP contribution in [0.4, 0.5) is 10.7 Å². The highest BCUT2D eigenvalue weighted by atomic mass is 32.2. The average molecular weight is 300 g/mol. The number of hydrogen-bond donors (Lipinski definition) is 2. The van der Waals surface area contributed by atoms with Crippen molar-refractivity contribution in [2.24, 2.45) is 5.92 Å². The van der Waals surface area contributed by atoms with Crippen molar-refractivity contribution in [3.8, 4) is 0 Å². The first-order valence-corrected chi connectivity index (χ1v) is 8.78. The summed E-state index contributed by atoms with van der Waals surface area (Å²) in [4.78, 5) is 13.6. The molecule has 1 rings (SSSR count). The summed E-state index contributed by atoms with van der Waals surface area (Å²) in [6.07, 6.45) is 4.85. The third-order valence-corrected chi connectivity index (χ3v) is 5.09. The van der Waals surface area contributed by atoms with E-state index in [0.717, 1.165) is 28.8 Å². The lowest BCUT2D eigenvalue weighted by Gasteiger charge is -2.07. The van der Waals surface area contributed by atoms with Gasteiger partial charge < -0.3 is 11.1 Å². The summed E-state index contributed by atoms with van der Waals surface area (Å²) in [6, 6.07) is 0. The zero-order chi connectivity index (χ0) is 14.4. The van der Waals surface area contributed by atoms with E-state index in [9.17, 15) is 4.79 Å². The molecule has 0 bridgehead atoms. The molecule has 0 spiro atoms. The molecule has 0 amide bonds. The molecule has 1 aromatic rings. The van der Waals surface area contributed by atoms with Crippen molar-refractivity contribution < 1.29 is 4.79 Å². The van der Waals surface area contributed by atoms with Crippen LogP contribution in [0.15, 0.2) is 4.90 Å². The molecule has 0 saturated heterocycles. The van der Waals surface area contributed by atoms with Gasteiger partial charge in [0.15, 0.2) is 5.78 Å². The Bertz CT molecular complexity index is 427. The Morgan fingerprint density at radius 1 is 1.47 bits per heavy atom. The van der Waals surface area contributed by atoms with Crippen molar-refractivity contribution in [3.63, 3.8) is 0 Å². The van der Waals surface area contributed by atoms with E-state index in [2.05, 4.69) is 19.2 Å². The highest BCUT2D eigenvalue weighted by Crippen LogP contribution is 2.42. The van der Waals surface area contributed by atoms with Gasteiger partial charge in [0.1, 0.15) is 5.00 Å². The van der Waals surface area contributed by atoms with Gasteiger partial charge in [0.05, 0.1) is 15.5 Å². The molecule has 19 heavy (non-hydrogen) atoms. The second kappa shape index (κ2) is 7.80. The van der Waals surface area contributed by atoms with Crippen LogP contribution >= 0.6 is 23.1 Å². The van der Waals surface area contributed by atoms with Crippen LogP contribution in [0.1, 0.15) is 49.7 Å². The molecular formula is C14H24N2OS2. The molecule has 0 saturated carbocycles. The molecule has 3 nitrogen and oxygen atoms in total. The van der Waals surface area contributed by atoms with E-state index in [4.69, 9.17) is 5.73 Å². The van der Waals surface area contributed by atoms with E-state index >= 15 is 0 Å². The number of nitrogen functional groups attached to an aromatic ring is 1. The van der Waals surface area contributed by atoms with Gasteiger partial charge in [-0.25, -0.2) is 0 Å². The molecule has 0 atom stereocenters. The van der Waals surface area contributed by atoms with Gasteiger partial charge >= 0.3 is 0 Å². The van der Waals surface area contributed by atoms with E-state index < -0.39 is 0 Å². The average Bonchev–Trinajstić information content (AvgIpc) is 2.70. The lowest BCUT2D eigenvalue weighted by atomic mass is 10.1. The molecule has 3 N–H and O–H groups in total. The molecular weight excluding hydrogens is 276 g/mol. The quantitative estimate of drug-likeness (QED) is 0.422. The Kier molecular flexibility index (Phi) is 6.72. The number of carbonyl (C=O) groups excluding carboxylic acids is 1. The summed E-state index contributed by atoms with van der Waals surface area (Å²) >= 11 is 3.10. The van der Waals surface area contributed by atoms with Crippen molar-refractivity contribution in [2.45, 2.75) is 44.9 Å². The van der Waals surface area contributed by atoms with E-state index in [-0.39, 0.29) is 5.78 Å². The maximum Gasteiger partial charge on any atom is 0.174 e. The van der Waals surface area contributed by atoms with Crippen LogP contribution in [0.3, 0.4) is 0 Å². The van der Waals surface area contributed by atoms with Gasteiger partial charge in [0.25, 0.3) is 0 Å². The van der Waals surface area contributed by atoms with E-state index in [1.807, 2.05) is 13.2 Å². The van der Waals surface area contributed by atoms with Crippen LogP contribution in [-0.4, -0.2) is 18.6 Å². The first-order valence-electron chi connectivity index (χ1n) is 6.74.